The van der Waals surface area contributed by atoms with E-state index < -0.39 is 0 Å². The molecule has 0 aromatic rings. The van der Waals surface area contributed by atoms with Crippen LogP contribution in [0.2, 0.25) is 0 Å². The first-order valence-corrected chi connectivity index (χ1v) is 10.2. The topological polar surface area (TPSA) is 46.5 Å². The van der Waals surface area contributed by atoms with Gasteiger partial charge in [-0.3, -0.25) is 4.79 Å². The molecule has 0 radical (unpaired) electrons. The number of Topliss-reactive ketones (excluding diaryl/α,β-unsaturated/α-hetero) is 1. The largest absolute Gasteiger partial charge is 0.390 e. The van der Waals surface area contributed by atoms with Gasteiger partial charge in [-0.1, -0.05) is 13.8 Å². The number of carbonyl (C=O) groups excluding carboxylic acids is 1. The normalized spacial score (nSPS) is 54.1. The number of hydrogen-bond donors (Lipinski definition) is 1. The Bertz CT molecular complexity index is 517. The molecule has 4 rings (SSSR count). The SMILES string of the molecule is CCO[C@H]1C[C@@]2(C)[C@@H](CC[C@@H]3[C@@H]2CC[C@]2(C)C(=O)CC[C@@H]32)C[C@@H]1O. The van der Waals surface area contributed by atoms with Gasteiger partial charge in [0.1, 0.15) is 5.78 Å². The number of ether oxygens (including phenoxy) is 1. The van der Waals surface area contributed by atoms with Gasteiger partial charge in [-0.05, 0) is 81.0 Å². The van der Waals surface area contributed by atoms with E-state index in [1.807, 2.05) is 6.92 Å². The average Bonchev–Trinajstić information content (AvgIpc) is 2.85. The van der Waals surface area contributed by atoms with Gasteiger partial charge in [-0.15, -0.1) is 0 Å². The summed E-state index contributed by atoms with van der Waals surface area (Å²) in [5, 5.41) is 10.5. The third kappa shape index (κ3) is 2.26. The summed E-state index contributed by atoms with van der Waals surface area (Å²) in [4.78, 5) is 12.5. The summed E-state index contributed by atoms with van der Waals surface area (Å²) < 4.78 is 5.91. The van der Waals surface area contributed by atoms with Crippen LogP contribution in [0.3, 0.4) is 0 Å². The predicted molar refractivity (Wildman–Crippen MR) is 93.5 cm³/mol. The standard InChI is InChI=1S/C21H34O3/c1-4-24-18-12-21(3)13(11-17(18)22)5-6-14-15-7-8-19(23)20(15,2)10-9-16(14)21/h13-18,22H,4-12H2,1-3H3/t13-,14-,15-,16-,17-,18-,20-,21-/m0/s1. The first-order chi connectivity index (χ1) is 11.4. The first kappa shape index (κ1) is 17.0. The van der Waals surface area contributed by atoms with Crippen molar-refractivity contribution < 1.29 is 14.6 Å². The quantitative estimate of drug-likeness (QED) is 0.831. The molecule has 4 aliphatic carbocycles. The van der Waals surface area contributed by atoms with E-state index in [9.17, 15) is 9.90 Å². The molecule has 0 aromatic heterocycles. The number of ketones is 1. The Kier molecular flexibility index (Phi) is 4.12. The van der Waals surface area contributed by atoms with Gasteiger partial charge in [0.25, 0.3) is 0 Å². The molecule has 4 fully saturated rings. The summed E-state index contributed by atoms with van der Waals surface area (Å²) in [7, 11) is 0. The van der Waals surface area contributed by atoms with Gasteiger partial charge in [0.2, 0.25) is 0 Å². The van der Waals surface area contributed by atoms with Crippen molar-refractivity contribution in [3.63, 3.8) is 0 Å². The average molecular weight is 335 g/mol. The van der Waals surface area contributed by atoms with E-state index >= 15 is 0 Å². The van der Waals surface area contributed by atoms with Crippen molar-refractivity contribution in [1.82, 2.24) is 0 Å². The Hall–Kier alpha value is -0.410. The second-order valence-electron chi connectivity index (χ2n) is 9.58. The van der Waals surface area contributed by atoms with Crippen LogP contribution in [0, 0.1) is 34.5 Å². The minimum Gasteiger partial charge on any atom is -0.390 e. The van der Waals surface area contributed by atoms with Crippen molar-refractivity contribution in [2.45, 2.75) is 84.3 Å². The Morgan fingerprint density at radius 1 is 1.17 bits per heavy atom. The van der Waals surface area contributed by atoms with Crippen molar-refractivity contribution in [3.05, 3.63) is 0 Å². The van der Waals surface area contributed by atoms with Gasteiger partial charge in [-0.2, -0.15) is 0 Å². The molecule has 1 N–H and O–H groups in total. The third-order valence-corrected chi connectivity index (χ3v) is 8.75. The molecule has 4 saturated carbocycles. The van der Waals surface area contributed by atoms with E-state index in [0.29, 0.717) is 30.1 Å². The van der Waals surface area contributed by atoms with Crippen LogP contribution in [-0.2, 0) is 9.53 Å². The number of rotatable bonds is 2. The predicted octanol–water partition coefficient (Wildman–Crippen LogP) is 3.97. The highest BCUT2D eigenvalue weighted by molar-refractivity contribution is 5.87. The molecule has 0 aromatic carbocycles. The second kappa shape index (κ2) is 5.81. The summed E-state index contributed by atoms with van der Waals surface area (Å²) in [5.74, 6) is 3.21. The lowest BCUT2D eigenvalue weighted by Gasteiger charge is -2.61. The van der Waals surface area contributed by atoms with Crippen LogP contribution in [-0.4, -0.2) is 29.7 Å². The van der Waals surface area contributed by atoms with Gasteiger partial charge in [0.15, 0.2) is 0 Å². The van der Waals surface area contributed by atoms with E-state index in [0.717, 1.165) is 38.0 Å². The van der Waals surface area contributed by atoms with E-state index in [1.54, 1.807) is 0 Å². The fourth-order valence-electron chi connectivity index (χ4n) is 7.41. The zero-order valence-electron chi connectivity index (χ0n) is 15.6. The van der Waals surface area contributed by atoms with Crippen molar-refractivity contribution in [3.8, 4) is 0 Å². The molecule has 0 unspecified atom stereocenters. The molecule has 0 aliphatic heterocycles. The minimum absolute atomic E-state index is 0.00789. The highest BCUT2D eigenvalue weighted by Gasteiger charge is 2.61. The molecule has 0 amide bonds. The van der Waals surface area contributed by atoms with Crippen LogP contribution in [0.15, 0.2) is 0 Å². The maximum absolute atomic E-state index is 12.5. The third-order valence-electron chi connectivity index (χ3n) is 8.75. The van der Waals surface area contributed by atoms with Crippen LogP contribution in [0.5, 0.6) is 0 Å². The van der Waals surface area contributed by atoms with Crippen LogP contribution >= 0.6 is 0 Å². The molecule has 3 nitrogen and oxygen atoms in total. The number of fused-ring (bicyclic) bond motifs is 5. The van der Waals surface area contributed by atoms with Gasteiger partial charge >= 0.3 is 0 Å². The lowest BCUT2D eigenvalue weighted by Crippen LogP contribution is -2.57. The van der Waals surface area contributed by atoms with Crippen LogP contribution < -0.4 is 0 Å². The van der Waals surface area contributed by atoms with Crippen LogP contribution in [0.1, 0.15) is 72.1 Å². The summed E-state index contributed by atoms with van der Waals surface area (Å²) in [6, 6.07) is 0. The maximum atomic E-state index is 12.5. The highest BCUT2D eigenvalue weighted by atomic mass is 16.5. The lowest BCUT2D eigenvalue weighted by molar-refractivity contribution is -0.170. The maximum Gasteiger partial charge on any atom is 0.139 e. The summed E-state index contributed by atoms with van der Waals surface area (Å²) in [5.41, 5.74) is 0.257. The monoisotopic (exact) mass is 334 g/mol. The van der Waals surface area contributed by atoms with Crippen molar-refractivity contribution in [2.75, 3.05) is 6.61 Å². The number of aliphatic hydroxyl groups excluding tert-OH is 1. The van der Waals surface area contributed by atoms with Crippen LogP contribution in [0.4, 0.5) is 0 Å². The summed E-state index contributed by atoms with van der Waals surface area (Å²) in [6.45, 7) is 7.45. The van der Waals surface area contributed by atoms with E-state index in [1.165, 1.54) is 19.3 Å². The Morgan fingerprint density at radius 2 is 1.96 bits per heavy atom. The molecule has 3 heteroatoms. The number of carbonyl (C=O) groups is 1. The molecule has 24 heavy (non-hydrogen) atoms. The molecule has 4 aliphatic rings. The van der Waals surface area contributed by atoms with Crippen molar-refractivity contribution in [1.29, 1.82) is 0 Å². The molecular weight excluding hydrogens is 300 g/mol. The fourth-order valence-corrected chi connectivity index (χ4v) is 7.41. The van der Waals surface area contributed by atoms with Gasteiger partial charge in [0.05, 0.1) is 12.2 Å². The molecule has 0 spiro atoms. The molecule has 0 heterocycles. The zero-order chi connectivity index (χ0) is 17.1. The fraction of sp³-hybridized carbons (Fsp3) is 0.952. The molecule has 0 bridgehead atoms. The molecule has 8 atom stereocenters. The Balaban J connectivity index is 1.61. The van der Waals surface area contributed by atoms with Crippen LogP contribution in [0.25, 0.3) is 0 Å². The Morgan fingerprint density at radius 3 is 2.71 bits per heavy atom. The number of hydrogen-bond acceptors (Lipinski definition) is 3. The first-order valence-electron chi connectivity index (χ1n) is 10.2. The Labute approximate surface area is 146 Å². The van der Waals surface area contributed by atoms with Gasteiger partial charge < -0.3 is 9.84 Å². The van der Waals surface area contributed by atoms with Crippen molar-refractivity contribution >= 4 is 5.78 Å². The summed E-state index contributed by atoms with van der Waals surface area (Å²) >= 11 is 0. The molecular formula is C21H34O3. The van der Waals surface area contributed by atoms with Gasteiger partial charge in [0, 0.05) is 18.4 Å². The van der Waals surface area contributed by atoms with Gasteiger partial charge in [-0.25, -0.2) is 0 Å². The molecule has 0 saturated heterocycles. The zero-order valence-corrected chi connectivity index (χ0v) is 15.6. The lowest BCUT2D eigenvalue weighted by atomic mass is 9.45. The minimum atomic E-state index is -0.290. The van der Waals surface area contributed by atoms with Crippen molar-refractivity contribution in [2.24, 2.45) is 34.5 Å². The van der Waals surface area contributed by atoms with E-state index in [-0.39, 0.29) is 23.0 Å². The second-order valence-corrected chi connectivity index (χ2v) is 9.58. The smallest absolute Gasteiger partial charge is 0.139 e. The number of aliphatic hydroxyl groups is 1. The van der Waals surface area contributed by atoms with E-state index in [4.69, 9.17) is 4.74 Å². The summed E-state index contributed by atoms with van der Waals surface area (Å²) in [6.07, 6.45) is 8.34. The highest BCUT2D eigenvalue weighted by Crippen LogP contribution is 2.65. The van der Waals surface area contributed by atoms with E-state index in [2.05, 4.69) is 13.8 Å². The molecule has 136 valence electrons.